The zero-order valence-corrected chi connectivity index (χ0v) is 12.1. The average molecular weight is 293 g/mol. The second-order valence-electron chi connectivity index (χ2n) is 4.93. The van der Waals surface area contributed by atoms with Gasteiger partial charge in [-0.25, -0.2) is 0 Å². The van der Waals surface area contributed by atoms with Crippen LogP contribution in [0.25, 0.3) is 0 Å². The van der Waals surface area contributed by atoms with Crippen molar-refractivity contribution >= 4 is 11.9 Å². The van der Waals surface area contributed by atoms with E-state index in [9.17, 15) is 9.59 Å². The Labute approximate surface area is 124 Å². The molecule has 1 aromatic rings. The highest BCUT2D eigenvalue weighted by Gasteiger charge is 2.15. The standard InChI is InChI=1S/C15H23N3O3/c16-9-8-12(15(20)21)6-2-1-4-11-18-14(19)13-7-3-5-10-17-13/h3,5,7,10,12H,1-2,4,6,8-9,11,16H2,(H,18,19)(H,20,21)/t12-/m1/s1. The van der Waals surface area contributed by atoms with E-state index >= 15 is 0 Å². The molecule has 0 saturated heterocycles. The Bertz CT molecular complexity index is 437. The number of aliphatic carboxylic acids is 1. The summed E-state index contributed by atoms with van der Waals surface area (Å²) in [6, 6.07) is 5.20. The third-order valence-electron chi connectivity index (χ3n) is 3.28. The maximum atomic E-state index is 11.7. The Kier molecular flexibility index (Phi) is 8.04. The molecule has 6 nitrogen and oxygen atoms in total. The number of hydrogen-bond donors (Lipinski definition) is 3. The minimum atomic E-state index is -0.774. The molecule has 6 heteroatoms. The predicted molar refractivity (Wildman–Crippen MR) is 79.8 cm³/mol. The molecule has 4 N–H and O–H groups in total. The van der Waals surface area contributed by atoms with Crippen molar-refractivity contribution in [2.75, 3.05) is 13.1 Å². The smallest absolute Gasteiger partial charge is 0.306 e. The molecule has 0 bridgehead atoms. The summed E-state index contributed by atoms with van der Waals surface area (Å²) in [5.41, 5.74) is 5.80. The molecule has 0 spiro atoms. The van der Waals surface area contributed by atoms with Gasteiger partial charge in [-0.3, -0.25) is 14.6 Å². The molecule has 0 aliphatic heterocycles. The van der Waals surface area contributed by atoms with Gasteiger partial charge in [-0.05, 0) is 37.9 Å². The summed E-state index contributed by atoms with van der Waals surface area (Å²) in [7, 11) is 0. The quantitative estimate of drug-likeness (QED) is 0.566. The van der Waals surface area contributed by atoms with Gasteiger partial charge in [0.2, 0.25) is 0 Å². The Balaban J connectivity index is 2.12. The minimum Gasteiger partial charge on any atom is -0.481 e. The molecule has 0 aliphatic carbocycles. The van der Waals surface area contributed by atoms with Crippen LogP contribution in [0, 0.1) is 5.92 Å². The SMILES string of the molecule is NCC[C@@H](CCCCCNC(=O)c1ccccn1)C(=O)O. The maximum Gasteiger partial charge on any atom is 0.306 e. The van der Waals surface area contributed by atoms with E-state index in [0.29, 0.717) is 31.6 Å². The Morgan fingerprint density at radius 1 is 1.24 bits per heavy atom. The summed E-state index contributed by atoms with van der Waals surface area (Å²) in [6.07, 6.45) is 5.28. The number of nitrogens with two attached hydrogens (primary N) is 1. The molecule has 1 aromatic heterocycles. The Hall–Kier alpha value is -1.95. The number of nitrogens with zero attached hydrogens (tertiary/aromatic N) is 1. The van der Waals surface area contributed by atoms with Gasteiger partial charge < -0.3 is 16.2 Å². The van der Waals surface area contributed by atoms with Crippen LogP contribution in [-0.4, -0.2) is 35.1 Å². The fraction of sp³-hybridized carbons (Fsp3) is 0.533. The van der Waals surface area contributed by atoms with Crippen molar-refractivity contribution < 1.29 is 14.7 Å². The molecule has 0 aliphatic rings. The summed E-state index contributed by atoms with van der Waals surface area (Å²) in [5, 5.41) is 11.8. The van der Waals surface area contributed by atoms with Crippen LogP contribution in [0.15, 0.2) is 24.4 Å². The van der Waals surface area contributed by atoms with Crippen molar-refractivity contribution in [1.29, 1.82) is 0 Å². The molecule has 116 valence electrons. The fourth-order valence-corrected chi connectivity index (χ4v) is 2.07. The molecule has 0 unspecified atom stereocenters. The molecule has 0 saturated carbocycles. The van der Waals surface area contributed by atoms with E-state index in [4.69, 9.17) is 10.8 Å². The molecule has 0 aromatic carbocycles. The van der Waals surface area contributed by atoms with Crippen LogP contribution in [0.3, 0.4) is 0 Å². The summed E-state index contributed by atoms with van der Waals surface area (Å²) in [5.74, 6) is -1.30. The lowest BCUT2D eigenvalue weighted by molar-refractivity contribution is -0.142. The predicted octanol–water partition coefficient (Wildman–Crippen LogP) is 1.42. The first-order valence-corrected chi connectivity index (χ1v) is 7.27. The van der Waals surface area contributed by atoms with Gasteiger partial charge in [0.15, 0.2) is 0 Å². The van der Waals surface area contributed by atoms with Crippen molar-refractivity contribution in [3.05, 3.63) is 30.1 Å². The van der Waals surface area contributed by atoms with E-state index in [-0.39, 0.29) is 11.8 Å². The van der Waals surface area contributed by atoms with Crippen LogP contribution >= 0.6 is 0 Å². The molecular weight excluding hydrogens is 270 g/mol. The van der Waals surface area contributed by atoms with Gasteiger partial charge in [-0.1, -0.05) is 18.9 Å². The number of nitrogens with one attached hydrogen (secondary N) is 1. The van der Waals surface area contributed by atoms with Crippen molar-refractivity contribution in [2.24, 2.45) is 11.7 Å². The van der Waals surface area contributed by atoms with E-state index in [1.165, 1.54) is 0 Å². The number of carbonyl (C=O) groups excluding carboxylic acids is 1. The number of pyridine rings is 1. The number of carbonyl (C=O) groups is 2. The summed E-state index contributed by atoms with van der Waals surface area (Å²) >= 11 is 0. The molecule has 0 fully saturated rings. The molecule has 1 amide bonds. The summed E-state index contributed by atoms with van der Waals surface area (Å²) < 4.78 is 0. The molecular formula is C15H23N3O3. The zero-order valence-electron chi connectivity index (χ0n) is 12.1. The van der Waals surface area contributed by atoms with Gasteiger partial charge in [0.25, 0.3) is 5.91 Å². The van der Waals surface area contributed by atoms with Gasteiger partial charge in [-0.15, -0.1) is 0 Å². The zero-order chi connectivity index (χ0) is 15.5. The molecule has 1 rings (SSSR count). The third-order valence-corrected chi connectivity index (χ3v) is 3.28. The number of unbranched alkanes of at least 4 members (excludes halogenated alkanes) is 2. The Morgan fingerprint density at radius 2 is 2.05 bits per heavy atom. The highest BCUT2D eigenvalue weighted by atomic mass is 16.4. The number of hydrogen-bond acceptors (Lipinski definition) is 4. The topological polar surface area (TPSA) is 105 Å². The van der Waals surface area contributed by atoms with Crippen LogP contribution in [0.2, 0.25) is 0 Å². The van der Waals surface area contributed by atoms with Crippen LogP contribution in [-0.2, 0) is 4.79 Å². The molecule has 1 heterocycles. The number of rotatable bonds is 10. The van der Waals surface area contributed by atoms with Crippen LogP contribution in [0.1, 0.15) is 42.6 Å². The second kappa shape index (κ2) is 9.88. The normalized spacial score (nSPS) is 11.9. The monoisotopic (exact) mass is 293 g/mol. The first-order valence-electron chi connectivity index (χ1n) is 7.27. The van der Waals surface area contributed by atoms with Crippen LogP contribution in [0.5, 0.6) is 0 Å². The average Bonchev–Trinajstić information content (AvgIpc) is 2.50. The third kappa shape index (κ3) is 6.85. The Morgan fingerprint density at radius 3 is 2.67 bits per heavy atom. The highest BCUT2D eigenvalue weighted by molar-refractivity contribution is 5.92. The van der Waals surface area contributed by atoms with E-state index in [1.807, 2.05) is 0 Å². The highest BCUT2D eigenvalue weighted by Crippen LogP contribution is 2.13. The van der Waals surface area contributed by atoms with Gasteiger partial charge >= 0.3 is 5.97 Å². The van der Waals surface area contributed by atoms with Crippen molar-refractivity contribution in [3.8, 4) is 0 Å². The van der Waals surface area contributed by atoms with Gasteiger partial charge in [-0.2, -0.15) is 0 Å². The first kappa shape index (κ1) is 17.1. The van der Waals surface area contributed by atoms with Gasteiger partial charge in [0, 0.05) is 12.7 Å². The van der Waals surface area contributed by atoms with E-state index in [0.717, 1.165) is 19.3 Å². The van der Waals surface area contributed by atoms with E-state index < -0.39 is 5.97 Å². The second-order valence-corrected chi connectivity index (χ2v) is 4.93. The van der Waals surface area contributed by atoms with Crippen LogP contribution in [0.4, 0.5) is 0 Å². The largest absolute Gasteiger partial charge is 0.481 e. The molecule has 21 heavy (non-hydrogen) atoms. The lowest BCUT2D eigenvalue weighted by Crippen LogP contribution is -2.25. The number of amides is 1. The first-order chi connectivity index (χ1) is 10.1. The van der Waals surface area contributed by atoms with Crippen molar-refractivity contribution in [2.45, 2.75) is 32.1 Å². The maximum absolute atomic E-state index is 11.7. The number of aromatic nitrogens is 1. The number of carboxylic acids is 1. The summed E-state index contributed by atoms with van der Waals surface area (Å²) in [6.45, 7) is 0.973. The lowest BCUT2D eigenvalue weighted by Gasteiger charge is -2.10. The summed E-state index contributed by atoms with van der Waals surface area (Å²) in [4.78, 5) is 26.6. The van der Waals surface area contributed by atoms with Crippen molar-refractivity contribution in [3.63, 3.8) is 0 Å². The van der Waals surface area contributed by atoms with E-state index in [2.05, 4.69) is 10.3 Å². The van der Waals surface area contributed by atoms with Gasteiger partial charge in [0.05, 0.1) is 5.92 Å². The van der Waals surface area contributed by atoms with Gasteiger partial charge in [0.1, 0.15) is 5.69 Å². The fourth-order valence-electron chi connectivity index (χ4n) is 2.07. The van der Waals surface area contributed by atoms with Crippen LogP contribution < -0.4 is 11.1 Å². The van der Waals surface area contributed by atoms with E-state index in [1.54, 1.807) is 24.4 Å². The van der Waals surface area contributed by atoms with Crippen molar-refractivity contribution in [1.82, 2.24) is 10.3 Å². The number of carboxylic acid groups (broad SMARTS) is 1. The molecule has 0 radical (unpaired) electrons. The molecule has 1 atom stereocenters. The lowest BCUT2D eigenvalue weighted by atomic mass is 9.98. The minimum absolute atomic E-state index is 0.179.